The highest BCUT2D eigenvalue weighted by Gasteiger charge is 2.47. The summed E-state index contributed by atoms with van der Waals surface area (Å²) in [5, 5.41) is 3.33. The van der Waals surface area contributed by atoms with Gasteiger partial charge in [-0.2, -0.15) is 5.01 Å². The number of hydrogen-bond acceptors (Lipinski definition) is 7. The predicted molar refractivity (Wildman–Crippen MR) is 112 cm³/mol. The van der Waals surface area contributed by atoms with Gasteiger partial charge >= 0.3 is 6.03 Å². The van der Waals surface area contributed by atoms with Crippen molar-refractivity contribution in [3.05, 3.63) is 24.3 Å². The van der Waals surface area contributed by atoms with Gasteiger partial charge in [0.05, 0.1) is 6.54 Å². The monoisotopic (exact) mass is 445 g/mol. The largest absolute Gasteiger partial charge is 0.485 e. The SMILES string of the molecule is CCC1(C)NC(=O)N(NC(=O)CN2CCN(C(=O)C3COc4ccccc4O3)CC2)C1=O. The van der Waals surface area contributed by atoms with E-state index in [-0.39, 0.29) is 19.1 Å². The normalized spacial score (nSPS) is 25.5. The number of nitrogens with zero attached hydrogens (tertiary/aromatic N) is 3. The molecule has 3 aliphatic rings. The molecule has 0 aromatic heterocycles. The summed E-state index contributed by atoms with van der Waals surface area (Å²) in [5.41, 5.74) is 1.37. The molecule has 4 rings (SSSR count). The van der Waals surface area contributed by atoms with Crippen LogP contribution in [0.5, 0.6) is 11.5 Å². The van der Waals surface area contributed by atoms with E-state index in [4.69, 9.17) is 9.47 Å². The Labute approximate surface area is 185 Å². The van der Waals surface area contributed by atoms with Gasteiger partial charge in [0.15, 0.2) is 11.5 Å². The summed E-state index contributed by atoms with van der Waals surface area (Å²) in [5.74, 6) is 0.0740. The predicted octanol–water partition coefficient (Wildman–Crippen LogP) is -0.278. The molecule has 2 N–H and O–H groups in total. The van der Waals surface area contributed by atoms with Crippen LogP contribution in [0.25, 0.3) is 0 Å². The summed E-state index contributed by atoms with van der Waals surface area (Å²) >= 11 is 0. The molecule has 0 saturated carbocycles. The van der Waals surface area contributed by atoms with Crippen LogP contribution in [0.3, 0.4) is 0 Å². The standard InChI is InChI=1S/C21H27N5O6/c1-3-21(2)19(29)26(20(30)22-21)23-17(27)12-24-8-10-25(11-9-24)18(28)16-13-31-14-6-4-5-7-15(14)32-16/h4-7,16H,3,8-13H2,1-2H3,(H,22,30)(H,23,27). The van der Waals surface area contributed by atoms with Gasteiger partial charge in [-0.05, 0) is 25.5 Å². The summed E-state index contributed by atoms with van der Waals surface area (Å²) in [6, 6.07) is 6.58. The second-order valence-electron chi connectivity index (χ2n) is 8.26. The lowest BCUT2D eigenvalue weighted by atomic mass is 10.00. The van der Waals surface area contributed by atoms with Crippen LogP contribution in [-0.4, -0.2) is 89.5 Å². The van der Waals surface area contributed by atoms with Gasteiger partial charge in [-0.25, -0.2) is 4.79 Å². The third-order valence-electron chi connectivity index (χ3n) is 6.04. The number of para-hydroxylation sites is 2. The van der Waals surface area contributed by atoms with E-state index in [1.807, 2.05) is 17.0 Å². The Balaban J connectivity index is 1.25. The average Bonchev–Trinajstić information content (AvgIpc) is 3.02. The number of nitrogens with one attached hydrogen (secondary N) is 2. The van der Waals surface area contributed by atoms with E-state index in [0.717, 1.165) is 5.01 Å². The molecule has 1 aromatic carbocycles. The lowest BCUT2D eigenvalue weighted by Crippen LogP contribution is -2.56. The van der Waals surface area contributed by atoms with Crippen molar-refractivity contribution in [2.24, 2.45) is 0 Å². The Bertz CT molecular complexity index is 931. The zero-order chi connectivity index (χ0) is 22.9. The van der Waals surface area contributed by atoms with E-state index < -0.39 is 29.5 Å². The number of hydrogen-bond donors (Lipinski definition) is 2. The second kappa shape index (κ2) is 8.65. The number of piperazine rings is 1. The number of carbonyl (C=O) groups excluding carboxylic acids is 4. The molecule has 3 aliphatic heterocycles. The molecule has 11 nitrogen and oxygen atoms in total. The third-order valence-corrected chi connectivity index (χ3v) is 6.04. The lowest BCUT2D eigenvalue weighted by molar-refractivity contribution is -0.143. The van der Waals surface area contributed by atoms with Gasteiger partial charge in [-0.1, -0.05) is 19.1 Å². The molecule has 0 radical (unpaired) electrons. The second-order valence-corrected chi connectivity index (χ2v) is 8.26. The molecular weight excluding hydrogens is 418 g/mol. The van der Waals surface area contributed by atoms with Crippen molar-refractivity contribution in [3.8, 4) is 11.5 Å². The van der Waals surface area contributed by atoms with Crippen molar-refractivity contribution in [1.29, 1.82) is 0 Å². The minimum atomic E-state index is -1.01. The molecule has 1 aromatic rings. The summed E-state index contributed by atoms with van der Waals surface area (Å²) in [6.45, 7) is 5.41. The molecule has 2 fully saturated rings. The number of urea groups is 1. The number of rotatable bonds is 5. The van der Waals surface area contributed by atoms with Crippen LogP contribution in [0.2, 0.25) is 0 Å². The van der Waals surface area contributed by atoms with Crippen LogP contribution in [0.15, 0.2) is 24.3 Å². The van der Waals surface area contributed by atoms with Crippen molar-refractivity contribution >= 4 is 23.8 Å². The number of imide groups is 1. The lowest BCUT2D eigenvalue weighted by Gasteiger charge is -2.37. The Morgan fingerprint density at radius 1 is 1.16 bits per heavy atom. The molecule has 5 amide bonds. The van der Waals surface area contributed by atoms with Gasteiger partial charge < -0.3 is 19.7 Å². The molecular formula is C21H27N5O6. The first kappa shape index (κ1) is 21.9. The Morgan fingerprint density at radius 2 is 1.84 bits per heavy atom. The number of ether oxygens (including phenoxy) is 2. The van der Waals surface area contributed by atoms with E-state index in [1.165, 1.54) is 0 Å². The average molecular weight is 445 g/mol. The van der Waals surface area contributed by atoms with E-state index in [2.05, 4.69) is 10.7 Å². The summed E-state index contributed by atoms with van der Waals surface area (Å²) in [4.78, 5) is 53.2. The smallest absolute Gasteiger partial charge is 0.344 e. The van der Waals surface area contributed by atoms with Gasteiger partial charge in [0.25, 0.3) is 17.7 Å². The van der Waals surface area contributed by atoms with Crippen LogP contribution in [0.1, 0.15) is 20.3 Å². The Kier molecular flexibility index (Phi) is 5.92. The molecule has 3 heterocycles. The maximum Gasteiger partial charge on any atom is 0.344 e. The van der Waals surface area contributed by atoms with Gasteiger partial charge in [-0.15, -0.1) is 0 Å². The molecule has 2 unspecified atom stereocenters. The van der Waals surface area contributed by atoms with Crippen molar-refractivity contribution in [2.75, 3.05) is 39.3 Å². The fourth-order valence-corrected chi connectivity index (χ4v) is 3.86. The fourth-order valence-electron chi connectivity index (χ4n) is 3.86. The van der Waals surface area contributed by atoms with Gasteiger partial charge in [0.2, 0.25) is 6.10 Å². The first-order chi connectivity index (χ1) is 15.3. The number of fused-ring (bicyclic) bond motifs is 1. The van der Waals surface area contributed by atoms with Crippen molar-refractivity contribution in [1.82, 2.24) is 25.6 Å². The quantitative estimate of drug-likeness (QED) is 0.598. The van der Waals surface area contributed by atoms with Crippen LogP contribution in [0.4, 0.5) is 4.79 Å². The van der Waals surface area contributed by atoms with Crippen LogP contribution in [0, 0.1) is 0 Å². The molecule has 32 heavy (non-hydrogen) atoms. The van der Waals surface area contributed by atoms with Crippen molar-refractivity contribution in [2.45, 2.75) is 31.9 Å². The highest BCUT2D eigenvalue weighted by Crippen LogP contribution is 2.31. The van der Waals surface area contributed by atoms with Gasteiger partial charge in [0.1, 0.15) is 12.1 Å². The number of carbonyl (C=O) groups is 4. The highest BCUT2D eigenvalue weighted by molar-refractivity contribution is 6.07. The molecule has 11 heteroatoms. The molecule has 2 saturated heterocycles. The maximum atomic E-state index is 12.8. The van der Waals surface area contributed by atoms with E-state index in [0.29, 0.717) is 44.1 Å². The summed E-state index contributed by atoms with van der Waals surface area (Å²) in [7, 11) is 0. The summed E-state index contributed by atoms with van der Waals surface area (Å²) in [6.07, 6.45) is -0.284. The molecule has 172 valence electrons. The Morgan fingerprint density at radius 3 is 2.50 bits per heavy atom. The zero-order valence-corrected chi connectivity index (χ0v) is 18.1. The topological polar surface area (TPSA) is 121 Å². The maximum absolute atomic E-state index is 12.8. The third kappa shape index (κ3) is 4.20. The molecule has 0 bridgehead atoms. The molecule has 0 spiro atoms. The Hall–Kier alpha value is -3.34. The molecule has 0 aliphatic carbocycles. The minimum absolute atomic E-state index is 0.0122. The van der Waals surface area contributed by atoms with E-state index >= 15 is 0 Å². The number of amides is 5. The highest BCUT2D eigenvalue weighted by atomic mass is 16.6. The zero-order valence-electron chi connectivity index (χ0n) is 18.1. The van der Waals surface area contributed by atoms with E-state index in [1.54, 1.807) is 30.9 Å². The minimum Gasteiger partial charge on any atom is -0.485 e. The number of hydrazine groups is 1. The van der Waals surface area contributed by atoms with Crippen LogP contribution >= 0.6 is 0 Å². The fraction of sp³-hybridized carbons (Fsp3) is 0.524. The van der Waals surface area contributed by atoms with Crippen LogP contribution in [-0.2, 0) is 14.4 Å². The summed E-state index contributed by atoms with van der Waals surface area (Å²) < 4.78 is 11.4. The van der Waals surface area contributed by atoms with Gasteiger partial charge in [-0.3, -0.25) is 24.7 Å². The molecule has 2 atom stereocenters. The van der Waals surface area contributed by atoms with Crippen molar-refractivity contribution < 1.29 is 28.7 Å². The van der Waals surface area contributed by atoms with Gasteiger partial charge in [0, 0.05) is 26.2 Å². The van der Waals surface area contributed by atoms with Crippen LogP contribution < -0.4 is 20.2 Å². The van der Waals surface area contributed by atoms with E-state index in [9.17, 15) is 19.2 Å². The first-order valence-electron chi connectivity index (χ1n) is 10.7. The number of benzene rings is 1. The first-order valence-corrected chi connectivity index (χ1v) is 10.7. The van der Waals surface area contributed by atoms with Crippen molar-refractivity contribution in [3.63, 3.8) is 0 Å².